The fraction of sp³-hybridized carbons (Fsp3) is 0.900. The van der Waals surface area contributed by atoms with Crippen LogP contribution in [0.5, 0.6) is 0 Å². The number of rotatable bonds is 5. The number of hydrogen-bond donors (Lipinski definition) is 2. The number of nitrogens with one attached hydrogen (secondary N) is 1. The van der Waals surface area contributed by atoms with Gasteiger partial charge in [-0.1, -0.05) is 0 Å². The molecule has 1 saturated heterocycles. The third-order valence-corrected chi connectivity index (χ3v) is 2.64. The van der Waals surface area contributed by atoms with Gasteiger partial charge in [0.1, 0.15) is 6.04 Å². The van der Waals surface area contributed by atoms with Gasteiger partial charge in [0.25, 0.3) is 0 Å². The molecule has 0 aromatic heterocycles. The van der Waals surface area contributed by atoms with E-state index in [4.69, 9.17) is 5.11 Å². The van der Waals surface area contributed by atoms with Crippen LogP contribution >= 0.6 is 0 Å². The fourth-order valence-electron chi connectivity index (χ4n) is 1.90. The summed E-state index contributed by atoms with van der Waals surface area (Å²) in [4.78, 5) is 13.0. The molecule has 0 amide bonds. The number of aliphatic carboxylic acids is 1. The number of nitrogens with zero attached hydrogens (tertiary/aromatic N) is 1. The van der Waals surface area contributed by atoms with Crippen molar-refractivity contribution in [3.63, 3.8) is 0 Å². The molecule has 82 valence electrons. The Hall–Kier alpha value is -0.610. The lowest BCUT2D eigenvalue weighted by atomic mass is 10.2. The van der Waals surface area contributed by atoms with E-state index in [0.29, 0.717) is 0 Å². The van der Waals surface area contributed by atoms with Gasteiger partial charge in [0.05, 0.1) is 0 Å². The second-order valence-electron chi connectivity index (χ2n) is 4.14. The maximum atomic E-state index is 10.6. The van der Waals surface area contributed by atoms with E-state index in [2.05, 4.69) is 10.2 Å². The summed E-state index contributed by atoms with van der Waals surface area (Å²) in [6.45, 7) is 7.00. The minimum atomic E-state index is -0.779. The van der Waals surface area contributed by atoms with Crippen molar-refractivity contribution in [3.8, 4) is 0 Å². The van der Waals surface area contributed by atoms with Crippen molar-refractivity contribution < 1.29 is 9.90 Å². The molecule has 1 fully saturated rings. The Balaban J connectivity index is 2.20. The van der Waals surface area contributed by atoms with Gasteiger partial charge in [-0.2, -0.15) is 0 Å². The van der Waals surface area contributed by atoms with Gasteiger partial charge in [-0.15, -0.1) is 0 Å². The van der Waals surface area contributed by atoms with E-state index in [9.17, 15) is 4.79 Å². The van der Waals surface area contributed by atoms with Crippen molar-refractivity contribution >= 4 is 5.97 Å². The predicted molar refractivity (Wildman–Crippen MR) is 55.4 cm³/mol. The van der Waals surface area contributed by atoms with Crippen LogP contribution in [0.25, 0.3) is 0 Å². The minimum Gasteiger partial charge on any atom is -0.480 e. The first-order valence-corrected chi connectivity index (χ1v) is 5.31. The van der Waals surface area contributed by atoms with Crippen molar-refractivity contribution in [1.82, 2.24) is 10.2 Å². The molecule has 0 aromatic rings. The summed E-state index contributed by atoms with van der Waals surface area (Å²) in [5.74, 6) is -0.779. The van der Waals surface area contributed by atoms with Gasteiger partial charge in [0, 0.05) is 12.6 Å². The molecule has 0 spiro atoms. The topological polar surface area (TPSA) is 52.6 Å². The molecule has 1 aliphatic heterocycles. The Morgan fingerprint density at radius 1 is 1.43 bits per heavy atom. The van der Waals surface area contributed by atoms with Gasteiger partial charge in [0.15, 0.2) is 0 Å². The summed E-state index contributed by atoms with van der Waals surface area (Å²) in [6, 6.07) is -0.202. The summed E-state index contributed by atoms with van der Waals surface area (Å²) in [5, 5.41) is 11.8. The number of likely N-dealkylation sites (tertiary alicyclic amines) is 1. The molecule has 4 nitrogen and oxygen atoms in total. The van der Waals surface area contributed by atoms with Crippen molar-refractivity contribution in [3.05, 3.63) is 0 Å². The second-order valence-corrected chi connectivity index (χ2v) is 4.14. The Labute approximate surface area is 85.3 Å². The fourth-order valence-corrected chi connectivity index (χ4v) is 1.90. The highest BCUT2D eigenvalue weighted by atomic mass is 16.4. The van der Waals surface area contributed by atoms with E-state index in [1.807, 2.05) is 6.92 Å². The Morgan fingerprint density at radius 2 is 2.00 bits per heavy atom. The quantitative estimate of drug-likeness (QED) is 0.680. The average molecular weight is 200 g/mol. The van der Waals surface area contributed by atoms with Gasteiger partial charge >= 0.3 is 5.97 Å². The van der Waals surface area contributed by atoms with E-state index in [1.165, 1.54) is 12.8 Å². The molecular weight excluding hydrogens is 180 g/mol. The van der Waals surface area contributed by atoms with Gasteiger partial charge in [-0.3, -0.25) is 4.79 Å². The number of carboxylic acids is 1. The molecule has 1 heterocycles. The second kappa shape index (κ2) is 5.32. The molecule has 1 rings (SSSR count). The lowest BCUT2D eigenvalue weighted by Gasteiger charge is -2.22. The molecule has 0 aliphatic carbocycles. The monoisotopic (exact) mass is 200 g/mol. The summed E-state index contributed by atoms with van der Waals surface area (Å²) >= 11 is 0. The molecular formula is C10H20N2O2. The third-order valence-electron chi connectivity index (χ3n) is 2.64. The summed E-state index contributed by atoms with van der Waals surface area (Å²) in [7, 11) is 0. The van der Waals surface area contributed by atoms with Gasteiger partial charge < -0.3 is 15.3 Å². The van der Waals surface area contributed by atoms with E-state index < -0.39 is 12.0 Å². The van der Waals surface area contributed by atoms with Gasteiger partial charge in [-0.05, 0) is 39.8 Å². The average Bonchev–Trinajstić information content (AvgIpc) is 2.56. The van der Waals surface area contributed by atoms with Crippen LogP contribution in [0, 0.1) is 0 Å². The molecule has 14 heavy (non-hydrogen) atoms. The molecule has 2 N–H and O–H groups in total. The number of carbonyl (C=O) groups is 1. The van der Waals surface area contributed by atoms with Crippen molar-refractivity contribution in [1.29, 1.82) is 0 Å². The molecule has 2 atom stereocenters. The molecule has 2 unspecified atom stereocenters. The highest BCUT2D eigenvalue weighted by Gasteiger charge is 2.17. The van der Waals surface area contributed by atoms with Crippen LogP contribution in [-0.4, -0.2) is 47.7 Å². The summed E-state index contributed by atoms with van der Waals surface area (Å²) < 4.78 is 0. The molecule has 0 aromatic carbocycles. The maximum absolute atomic E-state index is 10.6. The zero-order valence-corrected chi connectivity index (χ0v) is 8.99. The molecule has 0 bridgehead atoms. The SMILES string of the molecule is CC(CN1CCCC1)NC(C)C(=O)O. The molecule has 0 saturated carbocycles. The predicted octanol–water partition coefficient (Wildman–Crippen LogP) is 0.533. The van der Waals surface area contributed by atoms with E-state index in [1.54, 1.807) is 6.92 Å². The normalized spacial score (nSPS) is 22.1. The summed E-state index contributed by atoms with van der Waals surface area (Å²) in [5.41, 5.74) is 0. The van der Waals surface area contributed by atoms with Gasteiger partial charge in [-0.25, -0.2) is 0 Å². The largest absolute Gasteiger partial charge is 0.480 e. The molecule has 4 heteroatoms. The van der Waals surface area contributed by atoms with Crippen LogP contribution in [0.4, 0.5) is 0 Å². The van der Waals surface area contributed by atoms with Crippen LogP contribution < -0.4 is 5.32 Å². The van der Waals surface area contributed by atoms with Crippen molar-refractivity contribution in [2.45, 2.75) is 38.8 Å². The first-order chi connectivity index (χ1) is 6.59. The van der Waals surface area contributed by atoms with E-state index in [-0.39, 0.29) is 6.04 Å². The minimum absolute atomic E-state index is 0.249. The standard InChI is InChI=1S/C10H20N2O2/c1-8(11-9(2)10(13)14)7-12-5-3-4-6-12/h8-9,11H,3-7H2,1-2H3,(H,13,14). The first-order valence-electron chi connectivity index (χ1n) is 5.31. The van der Waals surface area contributed by atoms with Gasteiger partial charge in [0.2, 0.25) is 0 Å². The lowest BCUT2D eigenvalue weighted by molar-refractivity contribution is -0.139. The zero-order valence-electron chi connectivity index (χ0n) is 8.99. The first kappa shape index (κ1) is 11.5. The van der Waals surface area contributed by atoms with Crippen molar-refractivity contribution in [2.24, 2.45) is 0 Å². The third kappa shape index (κ3) is 3.64. The Kier molecular flexibility index (Phi) is 4.35. The van der Waals surface area contributed by atoms with E-state index in [0.717, 1.165) is 19.6 Å². The van der Waals surface area contributed by atoms with Crippen LogP contribution in [0.15, 0.2) is 0 Å². The number of carboxylic acid groups (broad SMARTS) is 1. The number of hydrogen-bond acceptors (Lipinski definition) is 3. The zero-order chi connectivity index (χ0) is 10.6. The molecule has 1 aliphatic rings. The highest BCUT2D eigenvalue weighted by molar-refractivity contribution is 5.72. The smallest absolute Gasteiger partial charge is 0.320 e. The van der Waals surface area contributed by atoms with Crippen LogP contribution in [0.1, 0.15) is 26.7 Å². The molecule has 0 radical (unpaired) electrons. The van der Waals surface area contributed by atoms with Crippen LogP contribution in [-0.2, 0) is 4.79 Å². The maximum Gasteiger partial charge on any atom is 0.320 e. The lowest BCUT2D eigenvalue weighted by Crippen LogP contribution is -2.45. The van der Waals surface area contributed by atoms with Crippen LogP contribution in [0.2, 0.25) is 0 Å². The van der Waals surface area contributed by atoms with E-state index >= 15 is 0 Å². The summed E-state index contributed by atoms with van der Waals surface area (Å²) in [6.07, 6.45) is 2.56. The van der Waals surface area contributed by atoms with Crippen molar-refractivity contribution in [2.75, 3.05) is 19.6 Å². The Morgan fingerprint density at radius 3 is 2.50 bits per heavy atom. The highest BCUT2D eigenvalue weighted by Crippen LogP contribution is 2.07. The Bertz CT molecular complexity index is 191. The van der Waals surface area contributed by atoms with Crippen LogP contribution in [0.3, 0.4) is 0 Å².